The molecule has 11 aromatic rings. The maximum absolute atomic E-state index is 14.8. The number of hydrogen-bond donors (Lipinski definition) is 8. The van der Waals surface area contributed by atoms with E-state index < -0.39 is 82.7 Å². The number of ether oxygens (including phenoxy) is 3. The van der Waals surface area contributed by atoms with Crippen molar-refractivity contribution in [2.75, 3.05) is 25.1 Å². The summed E-state index contributed by atoms with van der Waals surface area (Å²) in [5, 5.41) is 36.8. The number of ketones is 1. The molecule has 0 aliphatic rings. The minimum absolute atomic E-state index is 0.0362. The van der Waals surface area contributed by atoms with E-state index in [9.17, 15) is 57.1 Å². The Labute approximate surface area is 652 Å². The van der Waals surface area contributed by atoms with E-state index in [1.165, 1.54) is 50.8 Å². The average molecular weight is 1540 g/mol. The lowest BCUT2D eigenvalue weighted by Crippen LogP contribution is -2.42. The van der Waals surface area contributed by atoms with Crippen molar-refractivity contribution in [3.63, 3.8) is 0 Å². The fourth-order valence-electron chi connectivity index (χ4n) is 11.9. The quantitative estimate of drug-likeness (QED) is 0.0393. The Bertz CT molecular complexity index is 5350. The van der Waals surface area contributed by atoms with Gasteiger partial charge in [0.15, 0.2) is 5.78 Å². The zero-order chi connectivity index (χ0) is 82.8. The van der Waals surface area contributed by atoms with Gasteiger partial charge in [0.25, 0.3) is 11.8 Å². The van der Waals surface area contributed by atoms with E-state index >= 15 is 0 Å². The van der Waals surface area contributed by atoms with E-state index in [2.05, 4.69) is 56.8 Å². The number of aromatic carboxylic acids is 1. The highest BCUT2D eigenvalue weighted by atomic mass is 19.1. The largest absolute Gasteiger partial charge is 0.478 e. The maximum atomic E-state index is 14.8. The topological polar surface area (TPSA) is 354 Å². The molecule has 0 saturated heterocycles. The highest BCUT2D eigenvalue weighted by Gasteiger charge is 2.32. The van der Waals surface area contributed by atoms with E-state index in [4.69, 9.17) is 19.9 Å². The van der Waals surface area contributed by atoms with Crippen LogP contribution in [-0.2, 0) is 25.4 Å². The number of benzene rings is 7. The van der Waals surface area contributed by atoms with Crippen LogP contribution in [0.5, 0.6) is 0 Å². The van der Waals surface area contributed by atoms with Gasteiger partial charge in [0, 0.05) is 53.4 Å². The number of pyridine rings is 3. The van der Waals surface area contributed by atoms with Crippen LogP contribution in [0.1, 0.15) is 167 Å². The number of nitriles is 1. The zero-order valence-electron chi connectivity index (χ0n) is 65.3. The predicted molar refractivity (Wildman–Crippen MR) is 428 cm³/mol. The number of carbonyl (C=O) groups is 7. The molecule has 5 amide bonds. The maximum Gasteiger partial charge on any atom is 0.408 e. The molecule has 27 heteroatoms. The molecule has 0 fully saturated rings. The second-order valence-electron chi connectivity index (χ2n) is 28.9. The SMILES string of the molecule is CC(NC(=O)OC(C)(C)C)C(=O)Cc1ccccc1.CC(NC(=O)OC(C)(C)C)c1nc2c(F)cccc2c(C(=O)O)c1-c1ccccc1.CNC(=O)c1c(-c2ccccc2)c(C(C)NC(=O)OC(C)(C)C)nc2c(F)cccc12.CNC(=O)c1c(-c2ccccc2)c([C@H](C)Nc2ncnc(N)c2C#N)nc2c(F)cccc12. The number of amides is 5. The van der Waals surface area contributed by atoms with Crippen molar-refractivity contribution in [2.24, 2.45) is 0 Å². The molecule has 0 aliphatic carbocycles. The summed E-state index contributed by atoms with van der Waals surface area (Å²) in [5.41, 5.74) is 9.97. The number of para-hydroxylation sites is 3. The number of alkyl carbamates (subject to hydrolysis) is 3. The van der Waals surface area contributed by atoms with Crippen LogP contribution in [0.25, 0.3) is 66.1 Å². The van der Waals surface area contributed by atoms with Crippen LogP contribution in [0.15, 0.2) is 182 Å². The second-order valence-corrected chi connectivity index (χ2v) is 28.9. The van der Waals surface area contributed by atoms with Crippen molar-refractivity contribution < 1.29 is 66.1 Å². The second kappa shape index (κ2) is 37.4. The third-order valence-corrected chi connectivity index (χ3v) is 16.8. The summed E-state index contributed by atoms with van der Waals surface area (Å²) in [4.78, 5) is 108. The predicted octanol–water partition coefficient (Wildman–Crippen LogP) is 16.8. The van der Waals surface area contributed by atoms with Crippen molar-refractivity contribution in [1.82, 2.24) is 51.5 Å². The van der Waals surface area contributed by atoms with E-state index in [0.717, 1.165) is 16.7 Å². The van der Waals surface area contributed by atoms with Crippen LogP contribution in [0.2, 0.25) is 0 Å². The van der Waals surface area contributed by atoms with E-state index in [0.29, 0.717) is 62.0 Å². The number of carboxylic acids is 1. The minimum Gasteiger partial charge on any atom is -0.478 e. The summed E-state index contributed by atoms with van der Waals surface area (Å²) in [6.07, 6.45) is -0.330. The van der Waals surface area contributed by atoms with Gasteiger partial charge in [0.05, 0.1) is 57.9 Å². The standard InChI is InChI=1S/C24H20FN7O.C24H26FN3O3.C23H23FN2O4.C15H21NO3/c1-13(31-23-16(11-26)22(27)29-12-30-23)20-18(14-7-4-3-5-8-14)19(24(33)28-2)15-9-6-10-17(25)21(15)32-20;1-14(27-23(30)31-24(2,3)4)20-18(15-10-7-6-8-11-15)19(22(29)26-5)16-12-9-13-17(25)21(16)28-20;1-13(25-22(29)30-23(2,3)4)19-17(14-9-6-5-7-10-14)18(21(27)28)15-11-8-12-16(24)20(15)26-19;1-11(16-14(18)19-15(2,3)4)13(17)10-12-8-6-5-7-9-12/h3-10,12-13H,1-2H3,(H,28,33)(H3,27,29,30,31);6-14H,1-5H3,(H,26,29)(H,27,30);5-13H,1-4H3,(H,25,29)(H,27,28);5-9,11H,10H2,1-4H3,(H,16,18)/t13-;;;/m0.../s1. The number of anilines is 2. The summed E-state index contributed by atoms with van der Waals surface area (Å²) in [6, 6.07) is 49.5. The number of hydrogen-bond acceptors (Lipinski definition) is 18. The summed E-state index contributed by atoms with van der Waals surface area (Å²) in [6.45, 7) is 22.7. The molecule has 0 bridgehead atoms. The number of nitrogens with two attached hydrogens (primary N) is 1. The lowest BCUT2D eigenvalue weighted by molar-refractivity contribution is -0.120. The fourth-order valence-corrected chi connectivity index (χ4v) is 11.9. The highest BCUT2D eigenvalue weighted by molar-refractivity contribution is 6.14. The van der Waals surface area contributed by atoms with Crippen LogP contribution in [0, 0.1) is 28.8 Å². The van der Waals surface area contributed by atoms with Crippen molar-refractivity contribution >= 4 is 86.2 Å². The van der Waals surface area contributed by atoms with E-state index in [-0.39, 0.29) is 68.0 Å². The number of nitrogens with zero attached hydrogens (tertiary/aromatic N) is 6. The zero-order valence-corrected chi connectivity index (χ0v) is 65.3. The first-order chi connectivity index (χ1) is 53.4. The molecule has 4 atom stereocenters. The van der Waals surface area contributed by atoms with Gasteiger partial charge in [0.2, 0.25) is 0 Å². The van der Waals surface area contributed by atoms with Crippen LogP contribution in [0.4, 0.5) is 39.2 Å². The van der Waals surface area contributed by atoms with Crippen LogP contribution >= 0.6 is 0 Å². The van der Waals surface area contributed by atoms with Crippen LogP contribution in [0.3, 0.4) is 0 Å². The number of carbonyl (C=O) groups excluding carboxylic acids is 6. The molecule has 11 rings (SSSR count). The molecule has 24 nitrogen and oxygen atoms in total. The first-order valence-corrected chi connectivity index (χ1v) is 36.0. The van der Waals surface area contributed by atoms with Gasteiger partial charge < -0.3 is 57.0 Å². The van der Waals surface area contributed by atoms with Gasteiger partial charge in [-0.25, -0.2) is 57.3 Å². The monoisotopic (exact) mass is 1540 g/mol. The van der Waals surface area contributed by atoms with Gasteiger partial charge in [-0.1, -0.05) is 158 Å². The van der Waals surface area contributed by atoms with Gasteiger partial charge >= 0.3 is 24.2 Å². The average Bonchev–Trinajstić information content (AvgIpc) is 0.761. The smallest absolute Gasteiger partial charge is 0.408 e. The van der Waals surface area contributed by atoms with Gasteiger partial charge in [-0.05, 0) is 130 Å². The first kappa shape index (κ1) is 85.2. The molecule has 7 aromatic carbocycles. The van der Waals surface area contributed by atoms with Gasteiger partial charge in [-0.15, -0.1) is 0 Å². The Morgan fingerprint density at radius 1 is 0.469 bits per heavy atom. The Morgan fingerprint density at radius 3 is 1.15 bits per heavy atom. The third-order valence-electron chi connectivity index (χ3n) is 16.8. The molecule has 3 unspecified atom stereocenters. The molecule has 0 radical (unpaired) electrons. The van der Waals surface area contributed by atoms with Crippen LogP contribution in [-0.4, -0.2) is 109 Å². The first-order valence-electron chi connectivity index (χ1n) is 36.0. The number of fused-ring (bicyclic) bond motifs is 3. The Morgan fingerprint density at radius 2 is 0.805 bits per heavy atom. The molecule has 113 heavy (non-hydrogen) atoms. The lowest BCUT2D eigenvalue weighted by atomic mass is 9.91. The Kier molecular flexibility index (Phi) is 28.2. The Hall–Kier alpha value is -13.4. The van der Waals surface area contributed by atoms with Crippen molar-refractivity contribution in [3.05, 3.63) is 245 Å². The minimum atomic E-state index is -1.21. The lowest BCUT2D eigenvalue weighted by Gasteiger charge is -2.24. The number of halogens is 3. The molecule has 0 spiro atoms. The number of nitrogen functional groups attached to an aromatic ring is 1. The molecule has 0 aliphatic heterocycles. The molecular weight excluding hydrogens is 1450 g/mol. The van der Waals surface area contributed by atoms with Crippen LogP contribution < -0.4 is 37.6 Å². The normalized spacial score (nSPS) is 12.2. The van der Waals surface area contributed by atoms with Gasteiger partial charge in [-0.2, -0.15) is 5.26 Å². The number of aromatic nitrogens is 5. The van der Waals surface area contributed by atoms with Crippen molar-refractivity contribution in [3.8, 4) is 39.4 Å². The molecule has 586 valence electrons. The molecule has 0 saturated carbocycles. The van der Waals surface area contributed by atoms with E-state index in [1.54, 1.807) is 145 Å². The fraction of sp³-hybridized carbons (Fsp3) is 0.267. The van der Waals surface area contributed by atoms with Gasteiger partial charge in [0.1, 0.15) is 80.4 Å². The number of Topliss-reactive ketones (excluding diaryl/α,β-unsaturated/α-hetero) is 1. The van der Waals surface area contributed by atoms with Crippen molar-refractivity contribution in [2.45, 2.75) is 137 Å². The highest BCUT2D eigenvalue weighted by Crippen LogP contribution is 2.40. The van der Waals surface area contributed by atoms with Crippen molar-refractivity contribution in [1.29, 1.82) is 5.26 Å². The molecular formula is C86H90F3N13O11. The van der Waals surface area contributed by atoms with E-state index in [1.807, 2.05) is 97.1 Å². The molecule has 9 N–H and O–H groups in total. The summed E-state index contributed by atoms with van der Waals surface area (Å²) < 4.78 is 59.8. The number of nitrogens with one attached hydrogen (secondary N) is 6. The third kappa shape index (κ3) is 22.2. The molecule has 4 heterocycles. The number of carboxylic acid groups (broad SMARTS) is 1. The van der Waals surface area contributed by atoms with Gasteiger partial charge in [-0.3, -0.25) is 14.4 Å². The Balaban J connectivity index is 0.000000192. The summed E-state index contributed by atoms with van der Waals surface area (Å²) >= 11 is 0. The number of rotatable bonds is 17. The molecule has 4 aromatic heterocycles. The summed E-state index contributed by atoms with van der Waals surface area (Å²) in [5.74, 6) is -3.48. The summed E-state index contributed by atoms with van der Waals surface area (Å²) in [7, 11) is 3.04.